The molecule has 0 saturated carbocycles. The second-order valence-electron chi connectivity index (χ2n) is 6.33. The fourth-order valence-corrected chi connectivity index (χ4v) is 2.85. The van der Waals surface area contributed by atoms with Crippen LogP contribution in [-0.2, 0) is 18.9 Å². The van der Waals surface area contributed by atoms with E-state index in [1.165, 1.54) is 36.5 Å². The summed E-state index contributed by atoms with van der Waals surface area (Å²) in [6.45, 7) is 3.07. The van der Waals surface area contributed by atoms with Crippen LogP contribution in [0, 0.1) is 0 Å². The van der Waals surface area contributed by atoms with Crippen molar-refractivity contribution in [1.29, 1.82) is 0 Å². The summed E-state index contributed by atoms with van der Waals surface area (Å²) < 4.78 is 3.66. The maximum atomic E-state index is 12.7. The van der Waals surface area contributed by atoms with Crippen LogP contribution in [0.2, 0.25) is 0 Å². The fourth-order valence-electron chi connectivity index (χ4n) is 2.85. The van der Waals surface area contributed by atoms with E-state index in [9.17, 15) is 19.2 Å². The van der Waals surface area contributed by atoms with Crippen LogP contribution in [0.25, 0.3) is 11.2 Å². The number of Topliss-reactive ketones (excluding diaryl/α,β-unsaturated/α-hetero) is 1. The number of fused-ring (bicyclic) bond motifs is 1. The Morgan fingerprint density at radius 2 is 1.85 bits per heavy atom. The maximum absolute atomic E-state index is 12.7. The van der Waals surface area contributed by atoms with Crippen molar-refractivity contribution in [3.05, 3.63) is 57.0 Å². The summed E-state index contributed by atoms with van der Waals surface area (Å²) >= 11 is 0. The Bertz CT molecular complexity index is 1180. The van der Waals surface area contributed by atoms with E-state index in [-0.39, 0.29) is 22.9 Å². The number of aryl methyl sites for hydroxylation is 1. The van der Waals surface area contributed by atoms with Crippen molar-refractivity contribution >= 4 is 28.5 Å². The number of imidazole rings is 1. The van der Waals surface area contributed by atoms with E-state index in [0.29, 0.717) is 11.3 Å². The second kappa shape index (κ2) is 6.67. The van der Waals surface area contributed by atoms with Gasteiger partial charge in [0.2, 0.25) is 5.91 Å². The first kappa shape index (κ1) is 18.3. The molecule has 9 nitrogen and oxygen atoms in total. The molecule has 2 aromatic heterocycles. The van der Waals surface area contributed by atoms with E-state index >= 15 is 0 Å². The first-order chi connectivity index (χ1) is 12.7. The molecule has 0 aliphatic heterocycles. The Labute approximate surface area is 153 Å². The number of rotatable bonds is 4. The number of anilines is 1. The molecule has 1 atom stereocenters. The van der Waals surface area contributed by atoms with Crippen LogP contribution in [0.1, 0.15) is 30.2 Å². The molecule has 9 heteroatoms. The molecular formula is C18H19N5O4. The van der Waals surface area contributed by atoms with Gasteiger partial charge in [-0.3, -0.25) is 23.5 Å². The molecule has 0 spiro atoms. The van der Waals surface area contributed by atoms with Crippen molar-refractivity contribution in [1.82, 2.24) is 18.7 Å². The topological polar surface area (TPSA) is 108 Å². The summed E-state index contributed by atoms with van der Waals surface area (Å²) in [7, 11) is 2.89. The van der Waals surface area contributed by atoms with Gasteiger partial charge in [-0.05, 0) is 26.0 Å². The summed E-state index contributed by atoms with van der Waals surface area (Å²) in [5, 5.41) is 2.73. The Kier molecular flexibility index (Phi) is 4.52. The Morgan fingerprint density at radius 3 is 2.52 bits per heavy atom. The summed E-state index contributed by atoms with van der Waals surface area (Å²) in [6.07, 6.45) is 1.36. The van der Waals surface area contributed by atoms with Gasteiger partial charge in [-0.15, -0.1) is 0 Å². The third-order valence-corrected chi connectivity index (χ3v) is 4.51. The molecule has 0 saturated heterocycles. The zero-order valence-electron chi connectivity index (χ0n) is 15.4. The Morgan fingerprint density at radius 1 is 1.15 bits per heavy atom. The molecule has 1 N–H and O–H groups in total. The quantitative estimate of drug-likeness (QED) is 0.686. The van der Waals surface area contributed by atoms with Gasteiger partial charge in [0.1, 0.15) is 6.04 Å². The molecule has 0 aliphatic carbocycles. The van der Waals surface area contributed by atoms with Gasteiger partial charge in [-0.2, -0.15) is 0 Å². The maximum Gasteiger partial charge on any atom is 0.332 e. The molecule has 1 aromatic carbocycles. The lowest BCUT2D eigenvalue weighted by molar-refractivity contribution is -0.118. The van der Waals surface area contributed by atoms with Crippen LogP contribution in [0.4, 0.5) is 5.69 Å². The first-order valence-corrected chi connectivity index (χ1v) is 8.26. The number of ketones is 1. The van der Waals surface area contributed by atoms with Gasteiger partial charge < -0.3 is 9.88 Å². The molecule has 3 rings (SSSR count). The molecule has 27 heavy (non-hydrogen) atoms. The van der Waals surface area contributed by atoms with Crippen molar-refractivity contribution in [2.24, 2.45) is 14.1 Å². The van der Waals surface area contributed by atoms with Gasteiger partial charge in [0.15, 0.2) is 16.9 Å². The van der Waals surface area contributed by atoms with Crippen LogP contribution < -0.4 is 16.6 Å². The smallest absolute Gasteiger partial charge is 0.324 e. The average molecular weight is 369 g/mol. The monoisotopic (exact) mass is 369 g/mol. The third-order valence-electron chi connectivity index (χ3n) is 4.51. The molecule has 3 aromatic rings. The van der Waals surface area contributed by atoms with E-state index in [1.54, 1.807) is 31.2 Å². The molecule has 0 bridgehead atoms. The van der Waals surface area contributed by atoms with Crippen molar-refractivity contribution in [3.8, 4) is 0 Å². The lowest BCUT2D eigenvalue weighted by atomic mass is 10.1. The van der Waals surface area contributed by atoms with E-state index in [0.717, 1.165) is 4.57 Å². The standard InChI is InChI=1S/C18H19N5O4/c1-10(16(25)20-13-7-5-6-12(8-13)11(2)24)23-9-19-15-14(23)17(26)22(4)18(27)21(15)3/h5-10H,1-4H3,(H,20,25)/t10-/m1/s1. The SMILES string of the molecule is CC(=O)c1cccc(NC(=O)[C@@H](C)n2cnc3c2c(=O)n(C)c(=O)n3C)c1. The fraction of sp³-hybridized carbons (Fsp3) is 0.278. The van der Waals surface area contributed by atoms with Crippen LogP contribution in [0.3, 0.4) is 0 Å². The molecule has 0 fully saturated rings. The summed E-state index contributed by atoms with van der Waals surface area (Å²) in [5.74, 6) is -0.491. The Hall–Kier alpha value is -3.49. The third kappa shape index (κ3) is 3.07. The number of carbonyl (C=O) groups excluding carboxylic acids is 2. The number of carbonyl (C=O) groups is 2. The molecule has 0 unspecified atom stereocenters. The number of aromatic nitrogens is 4. The number of amides is 1. The van der Waals surface area contributed by atoms with E-state index in [1.807, 2.05) is 0 Å². The lowest BCUT2D eigenvalue weighted by Gasteiger charge is -2.15. The normalized spacial score (nSPS) is 12.1. The molecule has 2 heterocycles. The summed E-state index contributed by atoms with van der Waals surface area (Å²) in [5.41, 5.74) is 0.322. The highest BCUT2D eigenvalue weighted by Crippen LogP contribution is 2.17. The van der Waals surface area contributed by atoms with Gasteiger partial charge in [0, 0.05) is 25.3 Å². The van der Waals surface area contributed by atoms with E-state index in [4.69, 9.17) is 0 Å². The van der Waals surface area contributed by atoms with E-state index in [2.05, 4.69) is 10.3 Å². The summed E-state index contributed by atoms with van der Waals surface area (Å²) in [4.78, 5) is 52.8. The van der Waals surface area contributed by atoms with Gasteiger partial charge in [0.05, 0.1) is 6.33 Å². The Balaban J connectivity index is 1.99. The van der Waals surface area contributed by atoms with Crippen molar-refractivity contribution in [2.75, 3.05) is 5.32 Å². The minimum Gasteiger partial charge on any atom is -0.324 e. The minimum absolute atomic E-state index is 0.107. The van der Waals surface area contributed by atoms with Gasteiger partial charge >= 0.3 is 5.69 Å². The van der Waals surface area contributed by atoms with Crippen LogP contribution in [-0.4, -0.2) is 30.4 Å². The first-order valence-electron chi connectivity index (χ1n) is 8.26. The average Bonchev–Trinajstić information content (AvgIpc) is 3.09. The highest BCUT2D eigenvalue weighted by molar-refractivity contribution is 5.98. The highest BCUT2D eigenvalue weighted by Gasteiger charge is 2.22. The summed E-state index contributed by atoms with van der Waals surface area (Å²) in [6, 6.07) is 5.83. The predicted molar refractivity (Wildman–Crippen MR) is 100 cm³/mol. The van der Waals surface area contributed by atoms with Crippen molar-refractivity contribution < 1.29 is 9.59 Å². The lowest BCUT2D eigenvalue weighted by Crippen LogP contribution is -2.38. The van der Waals surface area contributed by atoms with Gasteiger partial charge in [-0.1, -0.05) is 12.1 Å². The van der Waals surface area contributed by atoms with Crippen LogP contribution >= 0.6 is 0 Å². The molecule has 140 valence electrons. The number of benzene rings is 1. The molecular weight excluding hydrogens is 350 g/mol. The minimum atomic E-state index is -0.763. The van der Waals surface area contributed by atoms with Crippen molar-refractivity contribution in [3.63, 3.8) is 0 Å². The van der Waals surface area contributed by atoms with Crippen molar-refractivity contribution in [2.45, 2.75) is 19.9 Å². The number of hydrogen-bond acceptors (Lipinski definition) is 5. The van der Waals surface area contributed by atoms with Crippen LogP contribution in [0.15, 0.2) is 40.2 Å². The predicted octanol–water partition coefficient (Wildman–Crippen LogP) is 0.836. The van der Waals surface area contributed by atoms with Crippen LogP contribution in [0.5, 0.6) is 0 Å². The number of hydrogen-bond donors (Lipinski definition) is 1. The van der Waals surface area contributed by atoms with E-state index < -0.39 is 17.3 Å². The van der Waals surface area contributed by atoms with Gasteiger partial charge in [-0.25, -0.2) is 9.78 Å². The molecule has 0 radical (unpaired) electrons. The zero-order valence-corrected chi connectivity index (χ0v) is 15.4. The number of nitrogens with zero attached hydrogens (tertiary/aromatic N) is 4. The zero-order chi connectivity index (χ0) is 19.9. The molecule has 0 aliphatic rings. The number of nitrogens with one attached hydrogen (secondary N) is 1. The second-order valence-corrected chi connectivity index (χ2v) is 6.33. The highest BCUT2D eigenvalue weighted by atomic mass is 16.2. The van der Waals surface area contributed by atoms with Gasteiger partial charge in [0.25, 0.3) is 5.56 Å². The molecule has 1 amide bonds. The largest absolute Gasteiger partial charge is 0.332 e.